The van der Waals surface area contributed by atoms with Gasteiger partial charge in [0.2, 0.25) is 5.91 Å². The summed E-state index contributed by atoms with van der Waals surface area (Å²) < 4.78 is 47.5. The third-order valence-corrected chi connectivity index (χ3v) is 5.67. The number of pyridine rings is 1. The van der Waals surface area contributed by atoms with Gasteiger partial charge in [0, 0.05) is 25.0 Å². The summed E-state index contributed by atoms with van der Waals surface area (Å²) in [5, 5.41) is 3.87. The summed E-state index contributed by atoms with van der Waals surface area (Å²) in [7, 11) is 0. The zero-order valence-corrected chi connectivity index (χ0v) is 17.7. The smallest absolute Gasteiger partial charge is 0.408 e. The van der Waals surface area contributed by atoms with E-state index >= 15 is 0 Å². The Hall–Kier alpha value is -3.64. The maximum atomic E-state index is 13.0. The first-order valence-electron chi connectivity index (χ1n) is 10.4. The number of ether oxygens (including phenoxy) is 1. The van der Waals surface area contributed by atoms with Crippen LogP contribution in [0.2, 0.25) is 0 Å². The van der Waals surface area contributed by atoms with Crippen molar-refractivity contribution < 1.29 is 22.7 Å². The van der Waals surface area contributed by atoms with Crippen molar-refractivity contribution in [3.63, 3.8) is 0 Å². The van der Waals surface area contributed by atoms with Crippen molar-refractivity contribution in [3.05, 3.63) is 24.3 Å². The zero-order valence-electron chi connectivity index (χ0n) is 17.7. The van der Waals surface area contributed by atoms with Gasteiger partial charge >= 0.3 is 6.18 Å². The second-order valence-corrected chi connectivity index (χ2v) is 8.04. The monoisotopic (exact) mass is 462 g/mol. The summed E-state index contributed by atoms with van der Waals surface area (Å²) in [6.07, 6.45) is 0.298. The number of alkyl halides is 3. The van der Waals surface area contributed by atoms with Crippen molar-refractivity contribution >= 4 is 11.7 Å². The van der Waals surface area contributed by atoms with Gasteiger partial charge < -0.3 is 19.9 Å². The quantitative estimate of drug-likeness (QED) is 0.630. The number of hydrogen-bond acceptors (Lipinski definition) is 7. The number of amides is 1. The Labute approximate surface area is 186 Å². The predicted octanol–water partition coefficient (Wildman–Crippen LogP) is 1.92. The average molecular weight is 462 g/mol. The number of primary amides is 1. The molecule has 1 atom stereocenters. The van der Waals surface area contributed by atoms with E-state index in [-0.39, 0.29) is 17.3 Å². The number of carbonyl (C=O) groups excluding carboxylic acids is 1. The molecule has 2 N–H and O–H groups in total. The van der Waals surface area contributed by atoms with Crippen LogP contribution in [0, 0.1) is 6.92 Å². The molecule has 0 aromatic carbocycles. The molecule has 3 aromatic rings. The van der Waals surface area contributed by atoms with Gasteiger partial charge in [-0.05, 0) is 19.8 Å². The van der Waals surface area contributed by atoms with E-state index in [1.807, 2.05) is 4.90 Å². The number of anilines is 1. The summed E-state index contributed by atoms with van der Waals surface area (Å²) in [6, 6.07) is 1.33. The Kier molecular flexibility index (Phi) is 4.98. The molecule has 3 aromatic heterocycles. The first-order chi connectivity index (χ1) is 15.7. The summed E-state index contributed by atoms with van der Waals surface area (Å²) >= 11 is 0. The molecule has 2 aliphatic heterocycles. The fourth-order valence-corrected chi connectivity index (χ4v) is 4.30. The third-order valence-electron chi connectivity index (χ3n) is 5.67. The minimum Gasteiger partial charge on any atom is -0.491 e. The largest absolute Gasteiger partial charge is 0.491 e. The van der Waals surface area contributed by atoms with Crippen LogP contribution in [0.1, 0.15) is 18.7 Å². The molecule has 0 saturated carbocycles. The van der Waals surface area contributed by atoms with Gasteiger partial charge in [-0.25, -0.2) is 19.6 Å². The molecule has 5 heterocycles. The summed E-state index contributed by atoms with van der Waals surface area (Å²) in [4.78, 5) is 26.9. The lowest BCUT2D eigenvalue weighted by molar-refractivity contribution is -0.142. The number of fused-ring (bicyclic) bond motifs is 3. The highest BCUT2D eigenvalue weighted by Crippen LogP contribution is 2.36. The van der Waals surface area contributed by atoms with Crippen LogP contribution in [0.3, 0.4) is 0 Å². The molecular formula is C20H21F3N8O2. The molecule has 2 aliphatic rings. The van der Waals surface area contributed by atoms with Gasteiger partial charge in [-0.1, -0.05) is 0 Å². The van der Waals surface area contributed by atoms with E-state index in [9.17, 15) is 18.0 Å². The topological polar surface area (TPSA) is 117 Å². The molecule has 0 radical (unpaired) electrons. The van der Waals surface area contributed by atoms with E-state index in [1.54, 1.807) is 23.0 Å². The first kappa shape index (κ1) is 21.2. The molecule has 33 heavy (non-hydrogen) atoms. The Morgan fingerprint density at radius 2 is 2.09 bits per heavy atom. The Bertz CT molecular complexity index is 1220. The number of nitrogens with two attached hydrogens (primary N) is 1. The van der Waals surface area contributed by atoms with Crippen LogP contribution in [-0.4, -0.2) is 60.6 Å². The highest BCUT2D eigenvalue weighted by Gasteiger charge is 2.33. The number of hydrogen-bond donors (Lipinski definition) is 1. The highest BCUT2D eigenvalue weighted by atomic mass is 19.4. The maximum absolute atomic E-state index is 13.0. The standard InChI is InChI=1S/C20H21F3N8O2/c1-11-26-19(31(28-11)10-20(21,22)23)13-9-29-5-6-33-15-7-16(25-8-12(15)18(29)27-13)30-4-2-3-14(30)17(24)32/h7-9,14H,2-6,10H2,1H3,(H2,24,32)/t14-/m0/s1. The second kappa shape index (κ2) is 7.74. The van der Waals surface area contributed by atoms with Crippen molar-refractivity contribution in [1.82, 2.24) is 29.3 Å². The molecule has 0 spiro atoms. The summed E-state index contributed by atoms with van der Waals surface area (Å²) in [5.41, 5.74) is 6.40. The lowest BCUT2D eigenvalue weighted by atomic mass is 10.2. The number of aryl methyl sites for hydroxylation is 1. The number of rotatable bonds is 4. The number of aromatic nitrogens is 6. The van der Waals surface area contributed by atoms with Gasteiger partial charge in [-0.15, -0.1) is 0 Å². The number of nitrogens with zero attached hydrogens (tertiary/aromatic N) is 7. The number of imidazole rings is 1. The lowest BCUT2D eigenvalue weighted by Gasteiger charge is -2.23. The maximum Gasteiger partial charge on any atom is 0.408 e. The molecule has 1 fully saturated rings. The van der Waals surface area contributed by atoms with Gasteiger partial charge in [0.05, 0.1) is 12.1 Å². The van der Waals surface area contributed by atoms with Crippen LogP contribution in [0.5, 0.6) is 5.75 Å². The van der Waals surface area contributed by atoms with Crippen molar-refractivity contribution in [3.8, 4) is 28.7 Å². The predicted molar refractivity (Wildman–Crippen MR) is 110 cm³/mol. The van der Waals surface area contributed by atoms with E-state index in [4.69, 9.17) is 10.5 Å². The molecule has 5 rings (SSSR count). The second-order valence-electron chi connectivity index (χ2n) is 8.04. The summed E-state index contributed by atoms with van der Waals surface area (Å²) in [5.74, 6) is 1.47. The lowest BCUT2D eigenvalue weighted by Crippen LogP contribution is -2.40. The van der Waals surface area contributed by atoms with Crippen LogP contribution in [0.15, 0.2) is 18.5 Å². The fourth-order valence-electron chi connectivity index (χ4n) is 4.30. The van der Waals surface area contributed by atoms with Gasteiger partial charge in [0.15, 0.2) is 5.82 Å². The zero-order chi connectivity index (χ0) is 23.3. The average Bonchev–Trinajstić information content (AvgIpc) is 3.43. The molecule has 10 nitrogen and oxygen atoms in total. The van der Waals surface area contributed by atoms with E-state index in [0.29, 0.717) is 49.1 Å². The van der Waals surface area contributed by atoms with Gasteiger partial charge in [0.1, 0.15) is 48.1 Å². The molecule has 174 valence electrons. The van der Waals surface area contributed by atoms with E-state index in [1.165, 1.54) is 6.92 Å². The van der Waals surface area contributed by atoms with Crippen molar-refractivity contribution in [2.24, 2.45) is 5.73 Å². The molecule has 0 unspecified atom stereocenters. The molecule has 1 amide bonds. The SMILES string of the molecule is Cc1nc(-c2cn3c(n2)-c2cnc(N4CCC[C@H]4C(N)=O)cc2OCC3)n(CC(F)(F)F)n1. The third kappa shape index (κ3) is 3.98. The van der Waals surface area contributed by atoms with Crippen molar-refractivity contribution in [2.45, 2.75) is 45.1 Å². The van der Waals surface area contributed by atoms with Gasteiger partial charge in [0.25, 0.3) is 0 Å². The van der Waals surface area contributed by atoms with Crippen LogP contribution >= 0.6 is 0 Å². The van der Waals surface area contributed by atoms with Crippen LogP contribution in [-0.2, 0) is 17.9 Å². The van der Waals surface area contributed by atoms with E-state index in [2.05, 4.69) is 20.1 Å². The molecule has 0 bridgehead atoms. The fraction of sp³-hybridized carbons (Fsp3) is 0.450. The van der Waals surface area contributed by atoms with E-state index < -0.39 is 24.7 Å². The number of halogens is 3. The molecule has 1 saturated heterocycles. The van der Waals surface area contributed by atoms with Crippen molar-refractivity contribution in [2.75, 3.05) is 18.1 Å². The minimum absolute atomic E-state index is 0.0406. The normalized spacial score (nSPS) is 17.9. The number of carbonyl (C=O) groups is 1. The molecular weight excluding hydrogens is 441 g/mol. The first-order valence-corrected chi connectivity index (χ1v) is 10.4. The van der Waals surface area contributed by atoms with Crippen molar-refractivity contribution in [1.29, 1.82) is 0 Å². The highest BCUT2D eigenvalue weighted by molar-refractivity contribution is 5.84. The van der Waals surface area contributed by atoms with Crippen LogP contribution < -0.4 is 15.4 Å². The molecule has 13 heteroatoms. The molecule has 0 aliphatic carbocycles. The Balaban J connectivity index is 1.52. The Morgan fingerprint density at radius 3 is 2.85 bits per heavy atom. The van der Waals surface area contributed by atoms with Crippen LogP contribution in [0.4, 0.5) is 19.0 Å². The van der Waals surface area contributed by atoms with Crippen LogP contribution in [0.25, 0.3) is 22.9 Å². The Morgan fingerprint density at radius 1 is 1.27 bits per heavy atom. The van der Waals surface area contributed by atoms with E-state index in [0.717, 1.165) is 11.1 Å². The minimum atomic E-state index is -4.44. The van der Waals surface area contributed by atoms with Gasteiger partial charge in [-0.2, -0.15) is 18.3 Å². The summed E-state index contributed by atoms with van der Waals surface area (Å²) in [6.45, 7) is 1.70. The van der Waals surface area contributed by atoms with Gasteiger partial charge in [-0.3, -0.25) is 4.79 Å².